The number of aromatic nitrogens is 2. The quantitative estimate of drug-likeness (QED) is 0.485. The van der Waals surface area contributed by atoms with E-state index in [1.807, 2.05) is 24.3 Å². The summed E-state index contributed by atoms with van der Waals surface area (Å²) in [7, 11) is 0. The number of amides is 1. The van der Waals surface area contributed by atoms with Crippen LogP contribution in [0.1, 0.15) is 24.1 Å². The Hall–Kier alpha value is -1.65. The first kappa shape index (κ1) is 14.3. The van der Waals surface area contributed by atoms with Gasteiger partial charge in [-0.3, -0.25) is 9.69 Å². The number of rotatable bonds is 4. The van der Waals surface area contributed by atoms with Gasteiger partial charge in [0.25, 0.3) is 0 Å². The van der Waals surface area contributed by atoms with Crippen molar-refractivity contribution < 1.29 is 4.79 Å². The molecular weight excluding hydrogens is 309 g/mol. The zero-order valence-corrected chi connectivity index (χ0v) is 12.7. The summed E-state index contributed by atoms with van der Waals surface area (Å²) in [6.07, 6.45) is 4.31. The Morgan fingerprint density at radius 2 is 2.10 bits per heavy atom. The van der Waals surface area contributed by atoms with Gasteiger partial charge in [0, 0.05) is 24.4 Å². The number of hydrogen-bond donors (Lipinski definition) is 0. The SMILES string of the molecule is O=C(Cl)N(c1cccc(Cc2ccc(Cl)nc2)n1)C1CC1. The number of carbonyl (C=O) groups is 1. The van der Waals surface area contributed by atoms with Gasteiger partial charge in [-0.25, -0.2) is 9.97 Å². The number of hydrogen-bond acceptors (Lipinski definition) is 3. The average Bonchev–Trinajstić information content (AvgIpc) is 3.26. The highest BCUT2D eigenvalue weighted by atomic mass is 35.5. The summed E-state index contributed by atoms with van der Waals surface area (Å²) in [4.78, 5) is 21.7. The molecule has 1 amide bonds. The fraction of sp³-hybridized carbons (Fsp3) is 0.267. The maximum atomic E-state index is 11.6. The Morgan fingerprint density at radius 3 is 2.71 bits per heavy atom. The van der Waals surface area contributed by atoms with Crippen molar-refractivity contribution in [3.63, 3.8) is 0 Å². The normalized spacial score (nSPS) is 14.0. The molecule has 0 unspecified atom stereocenters. The predicted octanol–water partition coefficient (Wildman–Crippen LogP) is 4.05. The Balaban J connectivity index is 1.82. The Kier molecular flexibility index (Phi) is 4.08. The van der Waals surface area contributed by atoms with Crippen molar-refractivity contribution in [3.05, 3.63) is 52.9 Å². The molecule has 0 atom stereocenters. The molecule has 1 aliphatic rings. The van der Waals surface area contributed by atoms with Crippen molar-refractivity contribution in [2.45, 2.75) is 25.3 Å². The fourth-order valence-corrected chi connectivity index (χ4v) is 2.51. The van der Waals surface area contributed by atoms with Crippen molar-refractivity contribution >= 4 is 34.4 Å². The van der Waals surface area contributed by atoms with Crippen molar-refractivity contribution in [2.24, 2.45) is 0 Å². The molecule has 2 aromatic heterocycles. The third kappa shape index (κ3) is 3.52. The van der Waals surface area contributed by atoms with Crippen molar-refractivity contribution in [2.75, 3.05) is 4.90 Å². The largest absolute Gasteiger partial charge is 0.322 e. The molecule has 1 aliphatic carbocycles. The Morgan fingerprint density at radius 1 is 1.29 bits per heavy atom. The maximum absolute atomic E-state index is 11.6. The average molecular weight is 322 g/mol. The lowest BCUT2D eigenvalue weighted by Crippen LogP contribution is -2.29. The van der Waals surface area contributed by atoms with Crippen LogP contribution in [-0.2, 0) is 6.42 Å². The van der Waals surface area contributed by atoms with Crippen molar-refractivity contribution in [1.82, 2.24) is 9.97 Å². The summed E-state index contributed by atoms with van der Waals surface area (Å²) in [6, 6.07) is 9.46. The molecule has 0 spiro atoms. The molecule has 6 heteroatoms. The molecule has 2 aromatic rings. The van der Waals surface area contributed by atoms with Crippen LogP contribution in [0.15, 0.2) is 36.5 Å². The maximum Gasteiger partial charge on any atom is 0.322 e. The van der Waals surface area contributed by atoms with Crippen LogP contribution in [0.5, 0.6) is 0 Å². The molecule has 0 aliphatic heterocycles. The third-order valence-electron chi connectivity index (χ3n) is 3.31. The van der Waals surface area contributed by atoms with E-state index in [1.165, 1.54) is 0 Å². The first-order valence-electron chi connectivity index (χ1n) is 6.68. The molecule has 0 N–H and O–H groups in total. The van der Waals surface area contributed by atoms with Crippen LogP contribution in [0.2, 0.25) is 5.15 Å². The topological polar surface area (TPSA) is 46.1 Å². The second kappa shape index (κ2) is 6.00. The van der Waals surface area contributed by atoms with Gasteiger partial charge in [-0.05, 0) is 48.2 Å². The molecule has 3 rings (SSSR count). The Bertz CT molecular complexity index is 656. The number of nitrogens with zero attached hydrogens (tertiary/aromatic N) is 3. The molecule has 108 valence electrons. The van der Waals surface area contributed by atoms with Crippen LogP contribution in [0.3, 0.4) is 0 Å². The molecule has 0 saturated heterocycles. The van der Waals surface area contributed by atoms with Crippen LogP contribution in [0.25, 0.3) is 0 Å². The van der Waals surface area contributed by atoms with Gasteiger partial charge in [0.05, 0.1) is 0 Å². The second-order valence-electron chi connectivity index (χ2n) is 5.01. The van der Waals surface area contributed by atoms with Gasteiger partial charge >= 0.3 is 5.37 Å². The smallest absolute Gasteiger partial charge is 0.280 e. The van der Waals surface area contributed by atoms with E-state index in [1.54, 1.807) is 17.2 Å². The Labute approximate surface area is 132 Å². The van der Waals surface area contributed by atoms with Crippen LogP contribution >= 0.6 is 23.2 Å². The monoisotopic (exact) mass is 321 g/mol. The van der Waals surface area contributed by atoms with Gasteiger partial charge in [0.1, 0.15) is 11.0 Å². The lowest BCUT2D eigenvalue weighted by atomic mass is 10.1. The number of carbonyl (C=O) groups excluding carboxylic acids is 1. The van der Waals surface area contributed by atoms with Gasteiger partial charge in [-0.15, -0.1) is 0 Å². The lowest BCUT2D eigenvalue weighted by molar-refractivity contribution is 0.263. The van der Waals surface area contributed by atoms with E-state index < -0.39 is 5.37 Å². The highest BCUT2D eigenvalue weighted by molar-refractivity contribution is 6.66. The highest BCUT2D eigenvalue weighted by Gasteiger charge is 2.33. The van der Waals surface area contributed by atoms with Crippen LogP contribution in [0.4, 0.5) is 10.6 Å². The van der Waals surface area contributed by atoms with E-state index >= 15 is 0 Å². The first-order valence-corrected chi connectivity index (χ1v) is 7.44. The summed E-state index contributed by atoms with van der Waals surface area (Å²) in [5, 5.41) is -0.0107. The molecule has 0 radical (unpaired) electrons. The number of pyridine rings is 2. The number of halogens is 2. The molecule has 1 fully saturated rings. The minimum atomic E-state index is -0.477. The van der Waals surface area contributed by atoms with E-state index in [-0.39, 0.29) is 6.04 Å². The summed E-state index contributed by atoms with van der Waals surface area (Å²) in [5.74, 6) is 0.608. The van der Waals surface area contributed by atoms with Crippen LogP contribution < -0.4 is 4.90 Å². The zero-order chi connectivity index (χ0) is 14.8. The highest BCUT2D eigenvalue weighted by Crippen LogP contribution is 2.31. The van der Waals surface area contributed by atoms with Gasteiger partial charge in [-0.1, -0.05) is 23.7 Å². The van der Waals surface area contributed by atoms with E-state index in [0.717, 1.165) is 24.1 Å². The van der Waals surface area contributed by atoms with Crippen LogP contribution in [0, 0.1) is 0 Å². The van der Waals surface area contributed by atoms with E-state index in [2.05, 4.69) is 9.97 Å². The molecule has 1 saturated carbocycles. The summed E-state index contributed by atoms with van der Waals surface area (Å²) >= 11 is 11.4. The fourth-order valence-electron chi connectivity index (χ4n) is 2.17. The van der Waals surface area contributed by atoms with E-state index in [4.69, 9.17) is 23.2 Å². The summed E-state index contributed by atoms with van der Waals surface area (Å²) < 4.78 is 0. The van der Waals surface area contributed by atoms with Gasteiger partial charge in [0.15, 0.2) is 0 Å². The predicted molar refractivity (Wildman–Crippen MR) is 83.0 cm³/mol. The molecule has 0 aromatic carbocycles. The summed E-state index contributed by atoms with van der Waals surface area (Å²) in [5.41, 5.74) is 1.87. The molecule has 4 nitrogen and oxygen atoms in total. The van der Waals surface area contributed by atoms with Crippen molar-refractivity contribution in [1.29, 1.82) is 0 Å². The van der Waals surface area contributed by atoms with Crippen LogP contribution in [-0.4, -0.2) is 21.4 Å². The third-order valence-corrected chi connectivity index (χ3v) is 3.72. The minimum Gasteiger partial charge on any atom is -0.280 e. The molecule has 0 bridgehead atoms. The lowest BCUT2D eigenvalue weighted by Gasteiger charge is -2.18. The zero-order valence-electron chi connectivity index (χ0n) is 11.2. The number of anilines is 1. The van der Waals surface area contributed by atoms with E-state index in [0.29, 0.717) is 17.4 Å². The molecule has 2 heterocycles. The van der Waals surface area contributed by atoms with Gasteiger partial charge in [-0.2, -0.15) is 0 Å². The molecule has 21 heavy (non-hydrogen) atoms. The molecular formula is C15H13Cl2N3O. The van der Waals surface area contributed by atoms with E-state index in [9.17, 15) is 4.79 Å². The standard InChI is InChI=1S/C15H13Cl2N3O/c16-13-7-4-10(9-18-13)8-11-2-1-3-14(19-11)20(15(17)21)12-5-6-12/h1-4,7,9,12H,5-6,8H2. The van der Waals surface area contributed by atoms with Gasteiger partial charge < -0.3 is 0 Å². The first-order chi connectivity index (χ1) is 10.1. The minimum absolute atomic E-state index is 0.190. The second-order valence-corrected chi connectivity index (χ2v) is 5.72. The van der Waals surface area contributed by atoms with Crippen molar-refractivity contribution in [3.8, 4) is 0 Å². The summed E-state index contributed by atoms with van der Waals surface area (Å²) in [6.45, 7) is 0. The van der Waals surface area contributed by atoms with Gasteiger partial charge in [0.2, 0.25) is 0 Å².